The van der Waals surface area contributed by atoms with Crippen molar-refractivity contribution in [2.24, 2.45) is 5.92 Å². The molecule has 1 fully saturated rings. The summed E-state index contributed by atoms with van der Waals surface area (Å²) in [5.74, 6) is 0.327. The Bertz CT molecular complexity index is 408. The first-order chi connectivity index (χ1) is 8.70. The van der Waals surface area contributed by atoms with E-state index in [2.05, 4.69) is 10.2 Å². The number of carbonyl (C=O) groups excluding carboxylic acids is 1. The maximum Gasteiger partial charge on any atom is 0.274 e. The van der Waals surface area contributed by atoms with Gasteiger partial charge in [0.25, 0.3) is 5.91 Å². The summed E-state index contributed by atoms with van der Waals surface area (Å²) < 4.78 is 5.15. The Morgan fingerprint density at radius 3 is 3.06 bits per heavy atom. The van der Waals surface area contributed by atoms with Gasteiger partial charge >= 0.3 is 0 Å². The molecule has 2 heterocycles. The molecule has 0 N–H and O–H groups in total. The van der Waals surface area contributed by atoms with Gasteiger partial charge < -0.3 is 9.64 Å². The fourth-order valence-electron chi connectivity index (χ4n) is 2.21. The van der Waals surface area contributed by atoms with Crippen LogP contribution in [0.5, 0.6) is 0 Å². The third-order valence-corrected chi connectivity index (χ3v) is 3.26. The van der Waals surface area contributed by atoms with Crippen LogP contribution in [0.25, 0.3) is 0 Å². The Morgan fingerprint density at radius 1 is 1.56 bits per heavy atom. The lowest BCUT2D eigenvalue weighted by Crippen LogP contribution is -2.41. The van der Waals surface area contributed by atoms with Crippen LogP contribution < -0.4 is 0 Å². The van der Waals surface area contributed by atoms with E-state index in [9.17, 15) is 4.79 Å². The minimum absolute atomic E-state index is 0.0834. The first kappa shape index (κ1) is 13.2. The van der Waals surface area contributed by atoms with Crippen molar-refractivity contribution >= 4 is 17.5 Å². The van der Waals surface area contributed by atoms with Gasteiger partial charge in [-0.05, 0) is 30.9 Å². The normalized spacial score (nSPS) is 19.9. The summed E-state index contributed by atoms with van der Waals surface area (Å²) in [4.78, 5) is 14.0. The summed E-state index contributed by atoms with van der Waals surface area (Å²) in [5.41, 5.74) is 0.345. The minimum atomic E-state index is -0.0834. The molecule has 0 saturated carbocycles. The molecular formula is C12H16ClN3O2. The van der Waals surface area contributed by atoms with Gasteiger partial charge in [-0.2, -0.15) is 0 Å². The highest BCUT2D eigenvalue weighted by Gasteiger charge is 2.25. The summed E-state index contributed by atoms with van der Waals surface area (Å²) in [6.07, 6.45) is 2.10. The van der Waals surface area contributed by atoms with Crippen molar-refractivity contribution in [3.8, 4) is 0 Å². The number of ether oxygens (including phenoxy) is 1. The zero-order valence-corrected chi connectivity index (χ0v) is 11.1. The van der Waals surface area contributed by atoms with Crippen molar-refractivity contribution in [2.75, 3.05) is 26.8 Å². The van der Waals surface area contributed by atoms with Crippen LogP contribution in [0.3, 0.4) is 0 Å². The number of amides is 1. The van der Waals surface area contributed by atoms with E-state index in [4.69, 9.17) is 16.3 Å². The van der Waals surface area contributed by atoms with E-state index < -0.39 is 0 Å². The van der Waals surface area contributed by atoms with E-state index in [0.29, 0.717) is 23.4 Å². The number of carbonyl (C=O) groups is 1. The van der Waals surface area contributed by atoms with Crippen molar-refractivity contribution < 1.29 is 9.53 Å². The highest BCUT2D eigenvalue weighted by atomic mass is 35.5. The van der Waals surface area contributed by atoms with Crippen LogP contribution in [0.2, 0.25) is 5.15 Å². The second kappa shape index (κ2) is 6.11. The third kappa shape index (κ3) is 3.17. The van der Waals surface area contributed by atoms with E-state index in [0.717, 1.165) is 25.9 Å². The third-order valence-electron chi connectivity index (χ3n) is 3.06. The molecule has 5 nitrogen and oxygen atoms in total. The van der Waals surface area contributed by atoms with Crippen LogP contribution in [0, 0.1) is 5.92 Å². The molecule has 18 heavy (non-hydrogen) atoms. The SMILES string of the molecule is COCC1CCCN(C(=O)c2ccc(Cl)nn2)C1. The number of piperidine rings is 1. The maximum absolute atomic E-state index is 12.2. The van der Waals surface area contributed by atoms with Crippen molar-refractivity contribution in [1.29, 1.82) is 0 Å². The zero-order valence-electron chi connectivity index (χ0n) is 10.3. The number of halogens is 1. The molecular weight excluding hydrogens is 254 g/mol. The summed E-state index contributed by atoms with van der Waals surface area (Å²) >= 11 is 5.65. The zero-order chi connectivity index (χ0) is 13.0. The monoisotopic (exact) mass is 269 g/mol. The van der Waals surface area contributed by atoms with Crippen molar-refractivity contribution in [2.45, 2.75) is 12.8 Å². The second-order valence-electron chi connectivity index (χ2n) is 4.46. The number of hydrogen-bond acceptors (Lipinski definition) is 4. The smallest absolute Gasteiger partial charge is 0.274 e. The molecule has 1 saturated heterocycles. The lowest BCUT2D eigenvalue weighted by Gasteiger charge is -2.32. The van der Waals surface area contributed by atoms with E-state index >= 15 is 0 Å². The van der Waals surface area contributed by atoms with Gasteiger partial charge in [0.1, 0.15) is 0 Å². The molecule has 1 aliphatic heterocycles. The fourth-order valence-corrected chi connectivity index (χ4v) is 2.31. The lowest BCUT2D eigenvalue weighted by molar-refractivity contribution is 0.0564. The molecule has 1 unspecified atom stereocenters. The van der Waals surface area contributed by atoms with Gasteiger partial charge in [-0.3, -0.25) is 4.79 Å². The number of rotatable bonds is 3. The molecule has 0 bridgehead atoms. The van der Waals surface area contributed by atoms with E-state index in [1.54, 1.807) is 19.2 Å². The van der Waals surface area contributed by atoms with E-state index in [1.165, 1.54) is 0 Å². The van der Waals surface area contributed by atoms with Crippen LogP contribution in [0.1, 0.15) is 23.3 Å². The van der Waals surface area contributed by atoms with Crippen molar-refractivity contribution in [3.63, 3.8) is 0 Å². The molecule has 0 aliphatic carbocycles. The topological polar surface area (TPSA) is 55.3 Å². The molecule has 1 atom stereocenters. The van der Waals surface area contributed by atoms with E-state index in [-0.39, 0.29) is 5.91 Å². The van der Waals surface area contributed by atoms with Crippen LogP contribution in [0.4, 0.5) is 0 Å². The number of likely N-dealkylation sites (tertiary alicyclic amines) is 1. The molecule has 98 valence electrons. The predicted molar refractivity (Wildman–Crippen MR) is 67.5 cm³/mol. The highest BCUT2D eigenvalue weighted by molar-refractivity contribution is 6.29. The molecule has 2 rings (SSSR count). The number of nitrogens with zero attached hydrogens (tertiary/aromatic N) is 3. The Hall–Kier alpha value is -1.20. The van der Waals surface area contributed by atoms with Gasteiger partial charge in [0.15, 0.2) is 10.8 Å². The molecule has 0 aromatic carbocycles. The molecule has 1 aliphatic rings. The quantitative estimate of drug-likeness (QED) is 0.837. The molecule has 1 amide bonds. The summed E-state index contributed by atoms with van der Waals surface area (Å²) in [5, 5.41) is 7.81. The average Bonchev–Trinajstić information content (AvgIpc) is 2.39. The minimum Gasteiger partial charge on any atom is -0.384 e. The number of hydrogen-bond donors (Lipinski definition) is 0. The van der Waals surface area contributed by atoms with Gasteiger partial charge in [0.05, 0.1) is 6.61 Å². The fraction of sp³-hybridized carbons (Fsp3) is 0.583. The molecule has 1 aromatic heterocycles. The van der Waals surface area contributed by atoms with Crippen LogP contribution in [0.15, 0.2) is 12.1 Å². The van der Waals surface area contributed by atoms with Crippen LogP contribution in [-0.4, -0.2) is 47.8 Å². The second-order valence-corrected chi connectivity index (χ2v) is 4.84. The Labute approximate surface area is 111 Å². The average molecular weight is 270 g/mol. The predicted octanol–water partition coefficient (Wildman–Crippen LogP) is 1.63. The van der Waals surface area contributed by atoms with Crippen molar-refractivity contribution in [3.05, 3.63) is 23.0 Å². The molecule has 0 spiro atoms. The van der Waals surface area contributed by atoms with Crippen LogP contribution in [-0.2, 0) is 4.74 Å². The number of methoxy groups -OCH3 is 1. The van der Waals surface area contributed by atoms with Gasteiger partial charge in [-0.25, -0.2) is 0 Å². The largest absolute Gasteiger partial charge is 0.384 e. The van der Waals surface area contributed by atoms with Crippen LogP contribution >= 0.6 is 11.6 Å². The summed E-state index contributed by atoms with van der Waals surface area (Å²) in [6.45, 7) is 2.18. The van der Waals surface area contributed by atoms with E-state index in [1.807, 2.05) is 4.90 Å². The lowest BCUT2D eigenvalue weighted by atomic mass is 9.99. The Morgan fingerprint density at radius 2 is 2.39 bits per heavy atom. The summed E-state index contributed by atoms with van der Waals surface area (Å²) in [7, 11) is 1.69. The standard InChI is InChI=1S/C12H16ClN3O2/c1-18-8-9-3-2-6-16(7-9)12(17)10-4-5-11(13)15-14-10/h4-5,9H,2-3,6-8H2,1H3. The molecule has 6 heteroatoms. The Balaban J connectivity index is 2.02. The molecule has 1 aromatic rings. The van der Waals surface area contributed by atoms with Gasteiger partial charge in [0.2, 0.25) is 0 Å². The first-order valence-corrected chi connectivity index (χ1v) is 6.36. The molecule has 0 radical (unpaired) electrons. The summed E-state index contributed by atoms with van der Waals surface area (Å²) in [6, 6.07) is 3.19. The van der Waals surface area contributed by atoms with Gasteiger partial charge in [-0.15, -0.1) is 10.2 Å². The highest BCUT2D eigenvalue weighted by Crippen LogP contribution is 2.18. The van der Waals surface area contributed by atoms with Crippen molar-refractivity contribution in [1.82, 2.24) is 15.1 Å². The van der Waals surface area contributed by atoms with Gasteiger partial charge in [-0.1, -0.05) is 11.6 Å². The maximum atomic E-state index is 12.2. The first-order valence-electron chi connectivity index (χ1n) is 5.98. The van der Waals surface area contributed by atoms with Gasteiger partial charge in [0, 0.05) is 20.2 Å². The Kier molecular flexibility index (Phi) is 4.49. The number of aromatic nitrogens is 2.